The molecule has 0 aliphatic heterocycles. The molecule has 0 bridgehead atoms. The van der Waals surface area contributed by atoms with E-state index in [-0.39, 0.29) is 17.3 Å². The zero-order valence-corrected chi connectivity index (χ0v) is 19.2. The van der Waals surface area contributed by atoms with Gasteiger partial charge in [0.05, 0.1) is 10.6 Å². The van der Waals surface area contributed by atoms with Gasteiger partial charge in [-0.05, 0) is 73.7 Å². The maximum absolute atomic E-state index is 13.1. The lowest BCUT2D eigenvalue weighted by Crippen LogP contribution is -2.31. The van der Waals surface area contributed by atoms with Crippen molar-refractivity contribution in [1.82, 2.24) is 5.32 Å². The number of benzene rings is 3. The van der Waals surface area contributed by atoms with Gasteiger partial charge in [0.2, 0.25) is 0 Å². The average Bonchev–Trinajstić information content (AvgIpc) is 2.80. The lowest BCUT2D eigenvalue weighted by molar-refractivity contribution is 0.0954. The summed E-state index contributed by atoms with van der Waals surface area (Å²) < 4.78 is 27.5. The predicted octanol–water partition coefficient (Wildman–Crippen LogP) is 4.60. The van der Waals surface area contributed by atoms with E-state index in [4.69, 9.17) is 0 Å². The highest BCUT2D eigenvalue weighted by atomic mass is 32.2. The number of nitrogens with zero attached hydrogens (tertiary/aromatic N) is 1. The number of rotatable bonds is 9. The SMILES string of the molecule is CCN(c1ccc(C(=O)NCCc2ccccc2)cc1)S(=O)(=O)c1ccc(SC)cc1. The number of amides is 1. The smallest absolute Gasteiger partial charge is 0.264 e. The van der Waals surface area contributed by atoms with E-state index in [9.17, 15) is 13.2 Å². The van der Waals surface area contributed by atoms with Crippen LogP contribution >= 0.6 is 11.8 Å². The van der Waals surface area contributed by atoms with Crippen LogP contribution in [0.3, 0.4) is 0 Å². The summed E-state index contributed by atoms with van der Waals surface area (Å²) in [7, 11) is -3.68. The van der Waals surface area contributed by atoms with Gasteiger partial charge >= 0.3 is 0 Å². The van der Waals surface area contributed by atoms with Crippen molar-refractivity contribution in [1.29, 1.82) is 0 Å². The molecule has 0 saturated heterocycles. The van der Waals surface area contributed by atoms with Gasteiger partial charge < -0.3 is 5.32 Å². The molecule has 0 aliphatic rings. The Bertz CT molecular complexity index is 1100. The molecule has 3 rings (SSSR count). The Morgan fingerprint density at radius 1 is 0.935 bits per heavy atom. The summed E-state index contributed by atoms with van der Waals surface area (Å²) in [6.45, 7) is 2.61. The first-order valence-electron chi connectivity index (χ1n) is 10.0. The lowest BCUT2D eigenvalue weighted by Gasteiger charge is -2.23. The van der Waals surface area contributed by atoms with E-state index < -0.39 is 10.0 Å². The Labute approximate surface area is 188 Å². The van der Waals surface area contributed by atoms with Crippen LogP contribution < -0.4 is 9.62 Å². The van der Waals surface area contributed by atoms with Crippen LogP contribution in [0.25, 0.3) is 0 Å². The van der Waals surface area contributed by atoms with Crippen LogP contribution in [0.15, 0.2) is 88.7 Å². The second kappa shape index (κ2) is 10.5. The minimum Gasteiger partial charge on any atom is -0.352 e. The van der Waals surface area contributed by atoms with Crippen LogP contribution in [0.2, 0.25) is 0 Å². The van der Waals surface area contributed by atoms with Crippen LogP contribution in [0.4, 0.5) is 5.69 Å². The molecule has 3 aromatic carbocycles. The van der Waals surface area contributed by atoms with Crippen LogP contribution in [-0.4, -0.2) is 33.7 Å². The first-order valence-corrected chi connectivity index (χ1v) is 12.7. The van der Waals surface area contributed by atoms with Gasteiger partial charge in [-0.25, -0.2) is 8.42 Å². The topological polar surface area (TPSA) is 66.5 Å². The van der Waals surface area contributed by atoms with Crippen molar-refractivity contribution in [2.75, 3.05) is 23.7 Å². The van der Waals surface area contributed by atoms with E-state index in [0.29, 0.717) is 17.8 Å². The predicted molar refractivity (Wildman–Crippen MR) is 127 cm³/mol. The Kier molecular flexibility index (Phi) is 7.76. The molecule has 3 aromatic rings. The monoisotopic (exact) mass is 454 g/mol. The molecule has 0 fully saturated rings. The third-order valence-electron chi connectivity index (χ3n) is 4.89. The average molecular weight is 455 g/mol. The largest absolute Gasteiger partial charge is 0.352 e. The van der Waals surface area contributed by atoms with Crippen molar-refractivity contribution >= 4 is 33.4 Å². The van der Waals surface area contributed by atoms with E-state index >= 15 is 0 Å². The summed E-state index contributed by atoms with van der Waals surface area (Å²) >= 11 is 1.56. The van der Waals surface area contributed by atoms with Gasteiger partial charge in [0.1, 0.15) is 0 Å². The molecule has 0 heterocycles. The maximum Gasteiger partial charge on any atom is 0.264 e. The van der Waals surface area contributed by atoms with Gasteiger partial charge in [-0.15, -0.1) is 11.8 Å². The fourth-order valence-corrected chi connectivity index (χ4v) is 5.09. The first-order chi connectivity index (χ1) is 15.0. The van der Waals surface area contributed by atoms with E-state index in [1.807, 2.05) is 36.6 Å². The zero-order valence-electron chi connectivity index (χ0n) is 17.6. The fraction of sp³-hybridized carbons (Fsp3) is 0.208. The lowest BCUT2D eigenvalue weighted by atomic mass is 10.1. The number of thioether (sulfide) groups is 1. The highest BCUT2D eigenvalue weighted by Gasteiger charge is 2.23. The highest BCUT2D eigenvalue weighted by Crippen LogP contribution is 2.25. The number of anilines is 1. The van der Waals surface area contributed by atoms with Crippen LogP contribution in [0, 0.1) is 0 Å². The quantitative estimate of drug-likeness (QED) is 0.480. The normalized spacial score (nSPS) is 11.2. The summed E-state index contributed by atoms with van der Waals surface area (Å²) in [5, 5.41) is 2.90. The van der Waals surface area contributed by atoms with Crippen molar-refractivity contribution in [3.05, 3.63) is 90.0 Å². The molecule has 0 spiro atoms. The molecule has 5 nitrogen and oxygen atoms in total. The number of sulfonamides is 1. The van der Waals surface area contributed by atoms with Crippen molar-refractivity contribution < 1.29 is 13.2 Å². The van der Waals surface area contributed by atoms with Gasteiger partial charge in [-0.2, -0.15) is 0 Å². The van der Waals surface area contributed by atoms with E-state index in [2.05, 4.69) is 5.32 Å². The Morgan fingerprint density at radius 3 is 2.16 bits per heavy atom. The van der Waals surface area contributed by atoms with Crippen molar-refractivity contribution in [3.8, 4) is 0 Å². The first kappa shape index (κ1) is 22.9. The summed E-state index contributed by atoms with van der Waals surface area (Å²) in [5.74, 6) is -0.180. The van der Waals surface area contributed by atoms with Gasteiger partial charge in [0.25, 0.3) is 15.9 Å². The van der Waals surface area contributed by atoms with Crippen molar-refractivity contribution in [2.45, 2.75) is 23.1 Å². The number of hydrogen-bond donors (Lipinski definition) is 1. The molecule has 162 valence electrons. The van der Waals surface area contributed by atoms with E-state index in [1.165, 1.54) is 4.31 Å². The third kappa shape index (κ3) is 5.68. The van der Waals surface area contributed by atoms with Crippen molar-refractivity contribution in [3.63, 3.8) is 0 Å². The van der Waals surface area contributed by atoms with Gasteiger partial charge in [0.15, 0.2) is 0 Å². The van der Waals surface area contributed by atoms with Crippen molar-refractivity contribution in [2.24, 2.45) is 0 Å². The van der Waals surface area contributed by atoms with E-state index in [1.54, 1.807) is 67.2 Å². The summed E-state index contributed by atoms with van der Waals surface area (Å²) in [6.07, 6.45) is 2.70. The molecular weight excluding hydrogens is 428 g/mol. The number of nitrogens with one attached hydrogen (secondary N) is 1. The van der Waals surface area contributed by atoms with Gasteiger partial charge in [-0.1, -0.05) is 30.3 Å². The fourth-order valence-electron chi connectivity index (χ4n) is 3.21. The van der Waals surface area contributed by atoms with E-state index in [0.717, 1.165) is 16.9 Å². The summed E-state index contributed by atoms with van der Waals surface area (Å²) in [6, 6.07) is 23.4. The molecule has 0 saturated carbocycles. The second-order valence-corrected chi connectivity index (χ2v) is 9.63. The Hall–Kier alpha value is -2.77. The number of carbonyl (C=O) groups excluding carboxylic acids is 1. The Balaban J connectivity index is 1.68. The molecule has 0 atom stereocenters. The van der Waals surface area contributed by atoms with Gasteiger partial charge in [-0.3, -0.25) is 9.10 Å². The molecule has 0 aromatic heterocycles. The molecule has 31 heavy (non-hydrogen) atoms. The molecule has 0 aliphatic carbocycles. The molecule has 1 N–H and O–H groups in total. The minimum atomic E-state index is -3.68. The van der Waals surface area contributed by atoms with Crippen LogP contribution in [0.1, 0.15) is 22.8 Å². The summed E-state index contributed by atoms with van der Waals surface area (Å²) in [4.78, 5) is 13.7. The second-order valence-electron chi connectivity index (χ2n) is 6.88. The van der Waals surface area contributed by atoms with Crippen LogP contribution in [-0.2, 0) is 16.4 Å². The molecule has 1 amide bonds. The third-order valence-corrected chi connectivity index (χ3v) is 7.55. The number of hydrogen-bond acceptors (Lipinski definition) is 4. The Morgan fingerprint density at radius 2 is 1.58 bits per heavy atom. The molecule has 0 unspecified atom stereocenters. The maximum atomic E-state index is 13.1. The summed E-state index contributed by atoms with van der Waals surface area (Å²) in [5.41, 5.74) is 2.18. The molecule has 0 radical (unpaired) electrons. The number of carbonyl (C=O) groups is 1. The van der Waals surface area contributed by atoms with Gasteiger partial charge in [0, 0.05) is 23.5 Å². The zero-order chi connectivity index (χ0) is 22.3. The van der Waals surface area contributed by atoms with Crippen LogP contribution in [0.5, 0.6) is 0 Å². The molecule has 7 heteroatoms. The minimum absolute atomic E-state index is 0.180. The highest BCUT2D eigenvalue weighted by molar-refractivity contribution is 7.98. The molecular formula is C24H26N2O3S2. The standard InChI is InChI=1S/C24H26N2O3S2/c1-3-26(31(28,29)23-15-13-22(30-2)14-16-23)21-11-9-20(10-12-21)24(27)25-18-17-19-7-5-4-6-8-19/h4-16H,3,17-18H2,1-2H3,(H,25,27).